The molecule has 2 aromatic rings. The van der Waals surface area contributed by atoms with Gasteiger partial charge in [-0.1, -0.05) is 32.0 Å². The highest BCUT2D eigenvalue weighted by Crippen LogP contribution is 2.16. The van der Waals surface area contributed by atoms with Crippen molar-refractivity contribution in [2.45, 2.75) is 31.7 Å². The van der Waals surface area contributed by atoms with Crippen LogP contribution in [-0.2, 0) is 32.6 Å². The van der Waals surface area contributed by atoms with Gasteiger partial charge in [0.05, 0.1) is 17.1 Å². The summed E-state index contributed by atoms with van der Waals surface area (Å²) in [4.78, 5) is 28.0. The monoisotopic (exact) mass is 418 g/mol. The van der Waals surface area contributed by atoms with Crippen molar-refractivity contribution >= 4 is 21.8 Å². The number of rotatable bonds is 9. The third kappa shape index (κ3) is 6.37. The predicted octanol–water partition coefficient (Wildman–Crippen LogP) is 1.09. The molecule has 0 aliphatic carbocycles. The van der Waals surface area contributed by atoms with E-state index in [1.54, 1.807) is 62.5 Å². The molecule has 2 rings (SSSR count). The van der Waals surface area contributed by atoms with Crippen molar-refractivity contribution in [1.29, 1.82) is 0 Å². The van der Waals surface area contributed by atoms with Gasteiger partial charge in [0.25, 0.3) is 0 Å². The topological polar surface area (TPSA) is 108 Å². The van der Waals surface area contributed by atoms with Crippen LogP contribution in [0.5, 0.6) is 0 Å². The number of nitrogens with zero attached hydrogens (tertiary/aromatic N) is 2. The molecule has 2 N–H and O–H groups in total. The number of nitrogens with one attached hydrogen (secondary N) is 2. The van der Waals surface area contributed by atoms with Crippen LogP contribution in [0, 0.1) is 0 Å². The fraction of sp³-hybridized carbons (Fsp3) is 0.350. The molecule has 8 nitrogen and oxygen atoms in total. The van der Waals surface area contributed by atoms with Gasteiger partial charge in [0.1, 0.15) is 0 Å². The SMILES string of the molecule is CCN(CC)S(=O)(=O)c1ccc(CCNC(=O)C(=O)NCc2ccccn2)cc1. The number of pyridine rings is 1. The molecule has 1 heterocycles. The highest BCUT2D eigenvalue weighted by Gasteiger charge is 2.21. The van der Waals surface area contributed by atoms with E-state index in [1.165, 1.54) is 4.31 Å². The van der Waals surface area contributed by atoms with Gasteiger partial charge in [0.15, 0.2) is 0 Å². The van der Waals surface area contributed by atoms with Gasteiger partial charge in [-0.3, -0.25) is 14.6 Å². The Hall–Kier alpha value is -2.78. The maximum absolute atomic E-state index is 12.5. The number of benzene rings is 1. The first-order valence-electron chi connectivity index (χ1n) is 9.43. The van der Waals surface area contributed by atoms with E-state index >= 15 is 0 Å². The number of carbonyl (C=O) groups excluding carboxylic acids is 2. The molecule has 0 aliphatic rings. The summed E-state index contributed by atoms with van der Waals surface area (Å²) in [5.41, 5.74) is 1.52. The Morgan fingerprint density at radius 1 is 0.966 bits per heavy atom. The van der Waals surface area contributed by atoms with Crippen LogP contribution in [-0.4, -0.2) is 49.2 Å². The Morgan fingerprint density at radius 2 is 1.62 bits per heavy atom. The minimum Gasteiger partial charge on any atom is -0.348 e. The zero-order chi connectivity index (χ0) is 21.3. The van der Waals surface area contributed by atoms with Crippen molar-refractivity contribution in [3.05, 3.63) is 59.9 Å². The van der Waals surface area contributed by atoms with Gasteiger partial charge in [0.2, 0.25) is 10.0 Å². The van der Waals surface area contributed by atoms with E-state index < -0.39 is 21.8 Å². The second kappa shape index (κ2) is 10.7. The van der Waals surface area contributed by atoms with Crippen LogP contribution in [0.1, 0.15) is 25.1 Å². The first-order chi connectivity index (χ1) is 13.9. The Labute approximate surface area is 171 Å². The minimum absolute atomic E-state index is 0.176. The standard InChI is InChI=1S/C20H26N4O4S/c1-3-24(4-2)29(27,28)18-10-8-16(9-11-18)12-14-22-19(25)20(26)23-15-17-7-5-6-13-21-17/h5-11,13H,3-4,12,14-15H2,1-2H3,(H,22,25)(H,23,26). The van der Waals surface area contributed by atoms with Crippen molar-refractivity contribution in [3.8, 4) is 0 Å². The molecule has 0 unspecified atom stereocenters. The molecule has 29 heavy (non-hydrogen) atoms. The molecule has 1 aromatic carbocycles. The molecular weight excluding hydrogens is 392 g/mol. The largest absolute Gasteiger partial charge is 0.348 e. The lowest BCUT2D eigenvalue weighted by Crippen LogP contribution is -2.40. The Bertz CT molecular complexity index is 911. The van der Waals surface area contributed by atoms with E-state index in [4.69, 9.17) is 0 Å². The second-order valence-corrected chi connectivity index (χ2v) is 8.18. The number of aromatic nitrogens is 1. The first kappa shape index (κ1) is 22.5. The minimum atomic E-state index is -3.49. The molecular formula is C20H26N4O4S. The molecule has 2 amide bonds. The van der Waals surface area contributed by atoms with Gasteiger partial charge in [-0.15, -0.1) is 0 Å². The van der Waals surface area contributed by atoms with Gasteiger partial charge in [0, 0.05) is 25.8 Å². The Morgan fingerprint density at radius 3 is 2.21 bits per heavy atom. The average Bonchev–Trinajstić information content (AvgIpc) is 2.73. The lowest BCUT2D eigenvalue weighted by molar-refractivity contribution is -0.139. The predicted molar refractivity (Wildman–Crippen MR) is 109 cm³/mol. The van der Waals surface area contributed by atoms with Crippen LogP contribution in [0.4, 0.5) is 0 Å². The van der Waals surface area contributed by atoms with Gasteiger partial charge in [-0.2, -0.15) is 4.31 Å². The van der Waals surface area contributed by atoms with Crippen LogP contribution in [0.2, 0.25) is 0 Å². The number of hydrogen-bond acceptors (Lipinski definition) is 5. The normalized spacial score (nSPS) is 11.3. The number of amides is 2. The highest BCUT2D eigenvalue weighted by molar-refractivity contribution is 7.89. The van der Waals surface area contributed by atoms with E-state index in [2.05, 4.69) is 15.6 Å². The quantitative estimate of drug-likeness (QED) is 0.593. The van der Waals surface area contributed by atoms with Gasteiger partial charge < -0.3 is 10.6 Å². The van der Waals surface area contributed by atoms with Gasteiger partial charge >= 0.3 is 11.8 Å². The number of carbonyl (C=O) groups is 2. The third-order valence-electron chi connectivity index (χ3n) is 4.33. The molecule has 0 radical (unpaired) electrons. The van der Waals surface area contributed by atoms with Crippen LogP contribution >= 0.6 is 0 Å². The van der Waals surface area contributed by atoms with Gasteiger partial charge in [-0.25, -0.2) is 8.42 Å². The summed E-state index contributed by atoms with van der Waals surface area (Å²) in [6.07, 6.45) is 2.09. The summed E-state index contributed by atoms with van der Waals surface area (Å²) in [7, 11) is -3.49. The van der Waals surface area contributed by atoms with Crippen LogP contribution in [0.25, 0.3) is 0 Å². The molecule has 1 aromatic heterocycles. The third-order valence-corrected chi connectivity index (χ3v) is 6.39. The Balaban J connectivity index is 1.81. The van der Waals surface area contributed by atoms with Gasteiger partial charge in [-0.05, 0) is 36.2 Å². The molecule has 0 spiro atoms. The van der Waals surface area contributed by atoms with Crippen molar-refractivity contribution in [3.63, 3.8) is 0 Å². The molecule has 9 heteroatoms. The zero-order valence-corrected chi connectivity index (χ0v) is 17.4. The van der Waals surface area contributed by atoms with Crippen LogP contribution in [0.15, 0.2) is 53.6 Å². The summed E-state index contributed by atoms with van der Waals surface area (Å²) in [6, 6.07) is 11.9. The molecule has 0 saturated carbocycles. The molecule has 0 atom stereocenters. The fourth-order valence-electron chi connectivity index (χ4n) is 2.70. The van der Waals surface area contributed by atoms with Crippen molar-refractivity contribution in [1.82, 2.24) is 19.9 Å². The fourth-order valence-corrected chi connectivity index (χ4v) is 4.15. The summed E-state index contributed by atoms with van der Waals surface area (Å²) in [6.45, 7) is 4.85. The van der Waals surface area contributed by atoms with E-state index in [0.29, 0.717) is 25.2 Å². The smallest absolute Gasteiger partial charge is 0.309 e. The first-order valence-corrected chi connectivity index (χ1v) is 10.9. The molecule has 0 aliphatic heterocycles. The Kier molecular flexibility index (Phi) is 8.29. The number of sulfonamides is 1. The maximum atomic E-state index is 12.5. The maximum Gasteiger partial charge on any atom is 0.309 e. The van der Waals surface area contributed by atoms with Crippen molar-refractivity contribution < 1.29 is 18.0 Å². The molecule has 156 valence electrons. The zero-order valence-electron chi connectivity index (χ0n) is 16.6. The average molecular weight is 419 g/mol. The van der Waals surface area contributed by atoms with Crippen molar-refractivity contribution in [2.24, 2.45) is 0 Å². The highest BCUT2D eigenvalue weighted by atomic mass is 32.2. The second-order valence-electron chi connectivity index (χ2n) is 6.24. The summed E-state index contributed by atoms with van der Waals surface area (Å²) >= 11 is 0. The molecule has 0 fully saturated rings. The lowest BCUT2D eigenvalue weighted by atomic mass is 10.1. The van der Waals surface area contributed by atoms with Crippen LogP contribution < -0.4 is 10.6 Å². The molecule has 0 bridgehead atoms. The number of hydrogen-bond donors (Lipinski definition) is 2. The van der Waals surface area contributed by atoms with E-state index in [0.717, 1.165) is 5.56 Å². The van der Waals surface area contributed by atoms with Crippen molar-refractivity contribution in [2.75, 3.05) is 19.6 Å². The summed E-state index contributed by atoms with van der Waals surface area (Å²) < 4.78 is 26.3. The van der Waals surface area contributed by atoms with E-state index in [-0.39, 0.29) is 18.0 Å². The van der Waals surface area contributed by atoms with Crippen LogP contribution in [0.3, 0.4) is 0 Å². The van der Waals surface area contributed by atoms with E-state index in [1.807, 2.05) is 0 Å². The summed E-state index contributed by atoms with van der Waals surface area (Å²) in [5, 5.41) is 5.06. The molecule has 0 saturated heterocycles. The van der Waals surface area contributed by atoms with E-state index in [9.17, 15) is 18.0 Å². The summed E-state index contributed by atoms with van der Waals surface area (Å²) in [5.74, 6) is -1.45. The lowest BCUT2D eigenvalue weighted by Gasteiger charge is -2.18.